The summed E-state index contributed by atoms with van der Waals surface area (Å²) in [6, 6.07) is 0. The Morgan fingerprint density at radius 3 is 0.615 bits per heavy atom. The van der Waals surface area contributed by atoms with E-state index in [1.54, 1.807) is 0 Å². The van der Waals surface area contributed by atoms with Crippen molar-refractivity contribution in [2.45, 2.75) is 111 Å². The molecule has 0 aliphatic rings. The summed E-state index contributed by atoms with van der Waals surface area (Å²) in [4.78, 5) is 78.4. The largest absolute Gasteiger partial charge is 2.00 e. The van der Waals surface area contributed by atoms with E-state index >= 15 is 0 Å². The van der Waals surface area contributed by atoms with Crippen molar-refractivity contribution in [3.05, 3.63) is 0 Å². The van der Waals surface area contributed by atoms with E-state index in [1.807, 2.05) is 0 Å². The predicted molar refractivity (Wildman–Crippen MR) is 228 cm³/mol. The second-order valence-corrected chi connectivity index (χ2v) is 9.33. The van der Waals surface area contributed by atoms with Crippen LogP contribution in [0.5, 0.6) is 0 Å². The second-order valence-electron chi connectivity index (χ2n) is 5.39. The molecule has 0 spiro atoms. The van der Waals surface area contributed by atoms with E-state index in [0.29, 0.717) is 5.75 Å². The zero-order valence-electron chi connectivity index (χ0n) is 20.0. The van der Waals surface area contributed by atoms with Crippen LogP contribution in [0.2, 0.25) is 0 Å². The van der Waals surface area contributed by atoms with Gasteiger partial charge >= 0.3 is 67.6 Å². The Balaban J connectivity index is -0.0000000132. The molecule has 0 radical (unpaired) electrons. The average Bonchev–Trinajstić information content (AvgIpc) is 2.67. The van der Waals surface area contributed by atoms with Crippen molar-refractivity contribution >= 4 is 132 Å². The van der Waals surface area contributed by atoms with Crippen molar-refractivity contribution in [3.63, 3.8) is 0 Å². The zero-order chi connectivity index (χ0) is 29.1. The normalized spacial score (nSPS) is 6.17. The third kappa shape index (κ3) is 212. The van der Waals surface area contributed by atoms with E-state index in [4.69, 9.17) is 25.5 Å². The summed E-state index contributed by atoms with van der Waals surface area (Å²) >= 11 is 3.61. The number of carbonyl (C=O) groups is 8. The fraction of sp³-hybridized carbons (Fsp3) is 0.742. The predicted octanol–water partition coefficient (Wildman–Crippen LogP) is 5.91. The average molecular weight is 927 g/mol. The second kappa shape index (κ2) is 98.1. The van der Waals surface area contributed by atoms with Gasteiger partial charge in [0.05, 0.1) is 46.5 Å². The molecular weight excluding hydrogens is 846 g/mol. The summed E-state index contributed by atoms with van der Waals surface area (Å²) in [5.41, 5.74) is 0. The summed E-state index contributed by atoms with van der Waals surface area (Å²) in [6.45, 7) is 1.44. The van der Waals surface area contributed by atoms with Gasteiger partial charge in [0.25, 0.3) is 0 Å². The van der Waals surface area contributed by atoms with Gasteiger partial charge in [0.15, 0.2) is 0 Å². The van der Waals surface area contributed by atoms with Crippen LogP contribution in [0.4, 0.5) is 0 Å². The summed E-state index contributed by atoms with van der Waals surface area (Å²) < 4.78 is 0. The molecule has 0 aliphatic heterocycles. The fourth-order valence-corrected chi connectivity index (χ4v) is 2.85. The molecule has 0 unspecified atom stereocenters. The van der Waals surface area contributed by atoms with E-state index in [9.17, 15) is 48.6 Å². The van der Waals surface area contributed by atoms with E-state index in [1.165, 1.54) is 6.92 Å². The van der Waals surface area contributed by atoms with Crippen LogP contribution in [-0.2, 0) is 57.8 Å². The topological polar surface area (TPSA) is 284 Å². The van der Waals surface area contributed by atoms with Gasteiger partial charge < -0.3 is 45.3 Å². The van der Waals surface area contributed by atoms with Crippen molar-refractivity contribution in [1.29, 1.82) is 0 Å². The van der Waals surface area contributed by atoms with Crippen LogP contribution in [0.1, 0.15) is 111 Å². The molecule has 0 heterocycles. The number of aliphatic carboxylic acids is 7. The van der Waals surface area contributed by atoms with Crippen molar-refractivity contribution < 1.29 is 93.6 Å². The molecule has 15 nitrogen and oxygen atoms in total. The Morgan fingerprint density at radius 2 is 0.500 bits per heavy atom. The molecule has 0 aromatic heterocycles. The van der Waals surface area contributed by atoms with Crippen LogP contribution in [0.15, 0.2) is 0 Å². The minimum Gasteiger partial charge on any atom is -0.549 e. The van der Waals surface area contributed by atoms with E-state index < -0.39 is 41.8 Å². The minimum absolute atomic E-state index is 0. The van der Waals surface area contributed by atoms with Gasteiger partial charge in [0.2, 0.25) is 0 Å². The number of rotatable bonds is 16. The van der Waals surface area contributed by atoms with Crippen molar-refractivity contribution in [3.8, 4) is 0 Å². The van der Waals surface area contributed by atoms with Crippen molar-refractivity contribution in [1.82, 2.24) is 0 Å². The fourth-order valence-electron chi connectivity index (χ4n) is 0.951. The molecule has 21 heteroatoms. The first-order valence-corrected chi connectivity index (χ1v) is 13.4. The Kier molecular flexibility index (Phi) is 250. The monoisotopic (exact) mass is 924 g/mol. The van der Waals surface area contributed by atoms with Gasteiger partial charge in [-0.15, -0.1) is 47.0 Å². The molecule has 0 atom stereocenters. The summed E-state index contributed by atoms with van der Waals surface area (Å²) in [5, 5.41) is 59.4. The van der Waals surface area contributed by atoms with Gasteiger partial charge in [-0.2, -0.15) is 0 Å². The van der Waals surface area contributed by atoms with Crippen LogP contribution in [0, 0.1) is 0 Å². The Hall–Kier alpha value is -0.757. The Labute approximate surface area is 379 Å². The molecule has 0 aromatic carbocycles. The molecule has 5 N–H and O–H groups in total. The summed E-state index contributed by atoms with van der Waals surface area (Å²) in [5.74, 6) is -8.19. The van der Waals surface area contributed by atoms with Gasteiger partial charge in [-0.05, 0) is 6.92 Å². The van der Waals surface area contributed by atoms with E-state index in [0.717, 1.165) is 47.0 Å². The number of carboxylic acids is 7. The maximum atomic E-state index is 10.2. The Morgan fingerprint density at radius 1 is 0.365 bits per heavy atom. The van der Waals surface area contributed by atoms with E-state index in [2.05, 4.69) is 0 Å². The van der Waals surface area contributed by atoms with Crippen molar-refractivity contribution in [2.24, 2.45) is 0 Å². The quantitative estimate of drug-likeness (QED) is 0.112. The molecule has 0 aromatic rings. The number of carboxylic acid groups (broad SMARTS) is 7. The van der Waals surface area contributed by atoms with Gasteiger partial charge in [-0.25, -0.2) is 0 Å². The molecule has 0 fully saturated rings. The van der Waals surface area contributed by atoms with Crippen LogP contribution in [-0.4, -0.2) is 157 Å². The van der Waals surface area contributed by atoms with Gasteiger partial charge in [-0.3, -0.25) is 28.8 Å². The molecular formula is C31H80CaO15S4Zn. The minimum atomic E-state index is -1.23. The Bertz CT molecular complexity index is 577. The van der Waals surface area contributed by atoms with E-state index in [-0.39, 0.29) is 207 Å². The molecule has 0 rings (SSSR count). The zero-order valence-corrected chi connectivity index (χ0v) is 28.5. The third-order valence-corrected chi connectivity index (χ3v) is 5.62. The maximum absolute atomic E-state index is 10.2. The van der Waals surface area contributed by atoms with Gasteiger partial charge in [-0.1, -0.05) is 104 Å². The molecule has 52 heavy (non-hydrogen) atoms. The standard InChI is InChI=1S/C5H8O3S.3C4H6O4S.14CH4.Ca.Zn/c1-4(6)2-9-3-5(7)8;3*5-3(6)1-9-2-4(7)8;;;;;;;;;;;;;;;;/h2-3H2,1H3,(H,7,8);3*1-2H2,(H,5,6)(H,7,8);14*1H4;;/q;;;;;;;;;;;;;;;;;;+2;/p-2. The third-order valence-electron chi connectivity index (χ3n) is 1.87. The van der Waals surface area contributed by atoms with Crippen LogP contribution in [0.3, 0.4) is 0 Å². The smallest absolute Gasteiger partial charge is 0.549 e. The number of thioether (sulfide) groups is 4. The SMILES string of the molecule is C.C.C.C.C.C.C.C.C.C.C.C.C.C.CC(=O)CSCC(=O)O.O=C(O)CSCC(=O)O.O=C([O-])CSCC(=O)O.O=C([O-])CSCC(=O)O.[Ca+2].[Zn]. The van der Waals surface area contributed by atoms with Crippen LogP contribution < -0.4 is 10.2 Å². The number of Topliss-reactive ketones (excluding diaryl/α,β-unsaturated/α-hetero) is 1. The molecule has 0 saturated carbocycles. The number of hydrogen-bond acceptors (Lipinski definition) is 14. The van der Waals surface area contributed by atoms with Crippen LogP contribution >= 0.6 is 47.0 Å². The maximum Gasteiger partial charge on any atom is 2.00 e. The first-order chi connectivity index (χ1) is 16.5. The molecule has 322 valence electrons. The van der Waals surface area contributed by atoms with Crippen LogP contribution in [0.25, 0.3) is 0 Å². The number of ketones is 1. The first kappa shape index (κ1) is 133. The van der Waals surface area contributed by atoms with Crippen molar-refractivity contribution in [2.75, 3.05) is 46.0 Å². The number of carbonyl (C=O) groups excluding carboxylic acids is 3. The summed E-state index contributed by atoms with van der Waals surface area (Å²) in [6.07, 6.45) is 0. The molecule has 0 saturated heterocycles. The van der Waals surface area contributed by atoms with Gasteiger partial charge in [0.1, 0.15) is 5.78 Å². The molecule has 0 aliphatic carbocycles. The molecule has 0 amide bonds. The first-order valence-electron chi connectivity index (χ1n) is 8.80. The summed E-state index contributed by atoms with van der Waals surface area (Å²) in [7, 11) is 0. The van der Waals surface area contributed by atoms with Gasteiger partial charge in [0, 0.05) is 31.0 Å². The molecule has 0 bridgehead atoms. The number of hydrogen-bond donors (Lipinski definition) is 5.